The van der Waals surface area contributed by atoms with Gasteiger partial charge < -0.3 is 20.7 Å². The van der Waals surface area contributed by atoms with E-state index in [1.165, 1.54) is 31.4 Å². The van der Waals surface area contributed by atoms with Crippen molar-refractivity contribution in [3.63, 3.8) is 0 Å². The van der Waals surface area contributed by atoms with E-state index in [4.69, 9.17) is 15.5 Å². The van der Waals surface area contributed by atoms with Crippen LogP contribution in [-0.2, 0) is 4.74 Å². The number of nitrogens with one attached hydrogen (secondary N) is 1. The molecular weight excluding hydrogens is 300 g/mol. The summed E-state index contributed by atoms with van der Waals surface area (Å²) in [6.07, 6.45) is 5.48. The average molecular weight is 330 g/mol. The Hall–Kier alpha value is -1.33. The van der Waals surface area contributed by atoms with Crippen molar-refractivity contribution in [1.29, 1.82) is 0 Å². The van der Waals surface area contributed by atoms with Crippen LogP contribution in [0.15, 0.2) is 12.1 Å². The van der Waals surface area contributed by atoms with E-state index < -0.39 is 0 Å². The van der Waals surface area contributed by atoms with E-state index in [1.54, 1.807) is 0 Å². The van der Waals surface area contributed by atoms with E-state index in [0.29, 0.717) is 17.5 Å². The number of aryl methyl sites for hydroxylation is 1. The third-order valence-electron chi connectivity index (χ3n) is 5.92. The fourth-order valence-electron chi connectivity index (χ4n) is 4.93. The second kappa shape index (κ2) is 5.88. The van der Waals surface area contributed by atoms with Gasteiger partial charge in [-0.15, -0.1) is 0 Å². The van der Waals surface area contributed by atoms with Crippen LogP contribution in [0, 0.1) is 12.3 Å². The van der Waals surface area contributed by atoms with Crippen molar-refractivity contribution in [3.8, 4) is 0 Å². The van der Waals surface area contributed by atoms with Gasteiger partial charge in [0.15, 0.2) is 0 Å². The summed E-state index contributed by atoms with van der Waals surface area (Å²) in [7, 11) is 0. The number of pyridine rings is 1. The maximum Gasteiger partial charge on any atom is 0.129 e. The average Bonchev–Trinajstić information content (AvgIpc) is 2.44. The second-order valence-corrected chi connectivity index (χ2v) is 8.38. The van der Waals surface area contributed by atoms with Crippen molar-refractivity contribution in [2.75, 3.05) is 23.3 Å². The lowest BCUT2D eigenvalue weighted by Crippen LogP contribution is -2.57. The minimum atomic E-state index is 0.258. The van der Waals surface area contributed by atoms with Crippen LogP contribution in [0.3, 0.4) is 0 Å². The van der Waals surface area contributed by atoms with Gasteiger partial charge in [0.2, 0.25) is 0 Å². The standard InChI is InChI=1S/C19H30N4O/c1-12-10-23(11-13(2)24-12)18-5-4-17(14(3)21-18)22-16-8-19(9-16)6-15(20)7-19/h4-5,12-13,15-16,22H,6-11,20H2,1-3H3/t12-,13+,15?,16?,19?. The molecule has 3 fully saturated rings. The third kappa shape index (κ3) is 3.00. The first-order valence-electron chi connectivity index (χ1n) is 9.33. The SMILES string of the molecule is Cc1nc(N2C[C@@H](C)O[C@@H](C)C2)ccc1NC1CC2(CC(N)C2)C1. The Kier molecular flexibility index (Phi) is 3.96. The minimum absolute atomic E-state index is 0.258. The summed E-state index contributed by atoms with van der Waals surface area (Å²) < 4.78 is 5.82. The molecule has 1 saturated heterocycles. The minimum Gasteiger partial charge on any atom is -0.381 e. The van der Waals surface area contributed by atoms with E-state index in [9.17, 15) is 0 Å². The zero-order valence-electron chi connectivity index (χ0n) is 15.1. The molecule has 5 nitrogen and oxygen atoms in total. The van der Waals surface area contributed by atoms with Gasteiger partial charge in [0.25, 0.3) is 0 Å². The van der Waals surface area contributed by atoms with Gasteiger partial charge in [-0.3, -0.25) is 0 Å². The lowest BCUT2D eigenvalue weighted by molar-refractivity contribution is -0.00546. The van der Waals surface area contributed by atoms with Gasteiger partial charge in [-0.1, -0.05) is 0 Å². The number of ether oxygens (including phenoxy) is 1. The predicted octanol–water partition coefficient (Wildman–Crippen LogP) is 2.69. The first-order chi connectivity index (χ1) is 11.4. The Morgan fingerprint density at radius 1 is 1.17 bits per heavy atom. The molecule has 24 heavy (non-hydrogen) atoms. The van der Waals surface area contributed by atoms with E-state index in [0.717, 1.165) is 24.6 Å². The number of aromatic nitrogens is 1. The van der Waals surface area contributed by atoms with E-state index in [1.807, 2.05) is 0 Å². The summed E-state index contributed by atoms with van der Waals surface area (Å²) >= 11 is 0. The summed E-state index contributed by atoms with van der Waals surface area (Å²) in [5, 5.41) is 3.69. The highest BCUT2D eigenvalue weighted by molar-refractivity contribution is 5.54. The number of nitrogens with zero attached hydrogens (tertiary/aromatic N) is 2. The molecule has 5 heteroatoms. The molecule has 0 unspecified atom stereocenters. The molecule has 0 radical (unpaired) electrons. The Balaban J connectivity index is 1.38. The Bertz CT molecular complexity index is 595. The van der Waals surface area contributed by atoms with Crippen molar-refractivity contribution >= 4 is 11.5 Å². The zero-order chi connectivity index (χ0) is 16.9. The van der Waals surface area contributed by atoms with Gasteiger partial charge >= 0.3 is 0 Å². The highest BCUT2D eigenvalue weighted by Crippen LogP contribution is 2.55. The molecule has 2 atom stereocenters. The van der Waals surface area contributed by atoms with E-state index in [-0.39, 0.29) is 12.2 Å². The van der Waals surface area contributed by atoms with Gasteiger partial charge in [-0.25, -0.2) is 4.98 Å². The summed E-state index contributed by atoms with van der Waals surface area (Å²) in [6.45, 7) is 8.19. The lowest BCUT2D eigenvalue weighted by Gasteiger charge is -2.57. The van der Waals surface area contributed by atoms with Gasteiger partial charge in [0.05, 0.1) is 23.6 Å². The van der Waals surface area contributed by atoms with Crippen LogP contribution in [-0.4, -0.2) is 42.4 Å². The Morgan fingerprint density at radius 3 is 2.42 bits per heavy atom. The van der Waals surface area contributed by atoms with Crippen molar-refractivity contribution in [2.45, 2.75) is 70.7 Å². The molecule has 132 valence electrons. The van der Waals surface area contributed by atoms with Gasteiger partial charge in [0, 0.05) is 25.2 Å². The van der Waals surface area contributed by atoms with Gasteiger partial charge in [-0.05, 0) is 64.0 Å². The number of hydrogen-bond acceptors (Lipinski definition) is 5. The smallest absolute Gasteiger partial charge is 0.129 e. The topological polar surface area (TPSA) is 63.4 Å². The summed E-state index contributed by atoms with van der Waals surface area (Å²) in [6, 6.07) is 5.38. The Morgan fingerprint density at radius 2 is 1.83 bits per heavy atom. The van der Waals surface area contributed by atoms with Crippen LogP contribution in [0.25, 0.3) is 0 Å². The van der Waals surface area contributed by atoms with Gasteiger partial charge in [-0.2, -0.15) is 0 Å². The maximum absolute atomic E-state index is 5.95. The fraction of sp³-hybridized carbons (Fsp3) is 0.737. The third-order valence-corrected chi connectivity index (χ3v) is 5.92. The highest BCUT2D eigenvalue weighted by Gasteiger charge is 2.51. The summed E-state index contributed by atoms with van der Waals surface area (Å²) in [5.74, 6) is 1.06. The van der Waals surface area contributed by atoms with Crippen molar-refractivity contribution < 1.29 is 4.74 Å². The van der Waals surface area contributed by atoms with Crippen LogP contribution < -0.4 is 16.0 Å². The molecular formula is C19H30N4O. The molecule has 0 aromatic carbocycles. The molecule has 1 aliphatic heterocycles. The lowest BCUT2D eigenvalue weighted by atomic mass is 9.52. The number of hydrogen-bond donors (Lipinski definition) is 2. The molecule has 3 N–H and O–H groups in total. The van der Waals surface area contributed by atoms with Crippen LogP contribution in [0.2, 0.25) is 0 Å². The second-order valence-electron chi connectivity index (χ2n) is 8.38. The number of rotatable bonds is 3. The highest BCUT2D eigenvalue weighted by atomic mass is 16.5. The Labute approximate surface area is 145 Å². The molecule has 4 rings (SSSR count). The molecule has 0 amide bonds. The van der Waals surface area contributed by atoms with Crippen LogP contribution in [0.1, 0.15) is 45.2 Å². The monoisotopic (exact) mass is 330 g/mol. The number of morpholine rings is 1. The summed E-state index contributed by atoms with van der Waals surface area (Å²) in [5.41, 5.74) is 8.78. The first kappa shape index (κ1) is 16.2. The molecule has 0 bridgehead atoms. The number of nitrogens with two attached hydrogens (primary N) is 1. The largest absolute Gasteiger partial charge is 0.381 e. The quantitative estimate of drug-likeness (QED) is 0.892. The fourth-order valence-corrected chi connectivity index (χ4v) is 4.93. The molecule has 3 aliphatic rings. The van der Waals surface area contributed by atoms with E-state index >= 15 is 0 Å². The molecule has 1 aromatic rings. The van der Waals surface area contributed by atoms with E-state index in [2.05, 4.69) is 43.1 Å². The molecule has 2 aliphatic carbocycles. The normalized spacial score (nSPS) is 38.6. The molecule has 1 aromatic heterocycles. The van der Waals surface area contributed by atoms with Crippen LogP contribution in [0.5, 0.6) is 0 Å². The van der Waals surface area contributed by atoms with Crippen LogP contribution >= 0.6 is 0 Å². The first-order valence-corrected chi connectivity index (χ1v) is 9.33. The summed E-state index contributed by atoms with van der Waals surface area (Å²) in [4.78, 5) is 7.18. The molecule has 2 saturated carbocycles. The van der Waals surface area contributed by atoms with Crippen molar-refractivity contribution in [2.24, 2.45) is 11.1 Å². The number of anilines is 2. The molecule has 1 spiro atoms. The van der Waals surface area contributed by atoms with Crippen molar-refractivity contribution in [3.05, 3.63) is 17.8 Å². The zero-order valence-corrected chi connectivity index (χ0v) is 15.1. The predicted molar refractivity (Wildman–Crippen MR) is 97.5 cm³/mol. The molecule has 2 heterocycles. The van der Waals surface area contributed by atoms with Gasteiger partial charge in [0.1, 0.15) is 5.82 Å². The van der Waals surface area contributed by atoms with Crippen molar-refractivity contribution in [1.82, 2.24) is 4.98 Å². The van der Waals surface area contributed by atoms with Crippen LogP contribution in [0.4, 0.5) is 11.5 Å². The maximum atomic E-state index is 5.95.